The van der Waals surface area contributed by atoms with E-state index in [1.165, 1.54) is 0 Å². The van der Waals surface area contributed by atoms with Crippen LogP contribution >= 0.6 is 0 Å². The van der Waals surface area contributed by atoms with E-state index in [0.29, 0.717) is 13.1 Å². The van der Waals surface area contributed by atoms with E-state index in [1.54, 1.807) is 39.0 Å². The van der Waals surface area contributed by atoms with E-state index >= 15 is 0 Å². The summed E-state index contributed by atoms with van der Waals surface area (Å²) in [7, 11) is 0. The first-order valence-electron chi connectivity index (χ1n) is 10.1. The Labute approximate surface area is 178 Å². The number of ether oxygens (including phenoxy) is 1. The highest BCUT2D eigenvalue weighted by Crippen LogP contribution is 2.32. The number of piperidine rings is 1. The zero-order chi connectivity index (χ0) is 22.5. The molecule has 1 unspecified atom stereocenters. The van der Waals surface area contributed by atoms with Crippen LogP contribution in [-0.2, 0) is 14.3 Å². The van der Waals surface area contributed by atoms with E-state index in [0.717, 1.165) is 10.6 Å². The van der Waals surface area contributed by atoms with E-state index in [1.807, 2.05) is 4.90 Å². The fourth-order valence-corrected chi connectivity index (χ4v) is 3.91. The van der Waals surface area contributed by atoms with Gasteiger partial charge >= 0.3 is 6.09 Å². The van der Waals surface area contributed by atoms with Gasteiger partial charge in [-0.3, -0.25) is 29.4 Å². The molecule has 0 aliphatic carbocycles. The van der Waals surface area contributed by atoms with Crippen LogP contribution in [0.15, 0.2) is 18.2 Å². The summed E-state index contributed by atoms with van der Waals surface area (Å²) in [6.07, 6.45) is -0.283. The number of hydrogen-bond acceptors (Lipinski definition) is 7. The van der Waals surface area contributed by atoms with Crippen molar-refractivity contribution in [1.82, 2.24) is 15.5 Å². The summed E-state index contributed by atoms with van der Waals surface area (Å²) in [6.45, 7) is 6.45. The summed E-state index contributed by atoms with van der Waals surface area (Å²) < 4.78 is 5.25. The first kappa shape index (κ1) is 20.8. The Hall–Kier alpha value is -3.43. The fraction of sp³-hybridized carbons (Fsp3) is 0.476. The number of anilines is 1. The van der Waals surface area contributed by atoms with Crippen LogP contribution in [-0.4, -0.2) is 65.4 Å². The minimum atomic E-state index is -0.986. The Morgan fingerprint density at radius 3 is 2.42 bits per heavy atom. The summed E-state index contributed by atoms with van der Waals surface area (Å²) in [5, 5.41) is 4.97. The Morgan fingerprint density at radius 1 is 1.10 bits per heavy atom. The predicted molar refractivity (Wildman–Crippen MR) is 108 cm³/mol. The Bertz CT molecular complexity index is 992. The van der Waals surface area contributed by atoms with Gasteiger partial charge in [-0.05, 0) is 45.4 Å². The first-order valence-corrected chi connectivity index (χ1v) is 10.1. The van der Waals surface area contributed by atoms with Crippen LogP contribution in [0.2, 0.25) is 0 Å². The van der Waals surface area contributed by atoms with Crippen LogP contribution in [0, 0.1) is 0 Å². The van der Waals surface area contributed by atoms with Gasteiger partial charge in [-0.25, -0.2) is 4.79 Å². The maximum absolute atomic E-state index is 12.9. The van der Waals surface area contributed by atoms with Crippen LogP contribution in [0.3, 0.4) is 0 Å². The summed E-state index contributed by atoms with van der Waals surface area (Å²) in [5.74, 6) is -2.12. The van der Waals surface area contributed by atoms with Gasteiger partial charge in [0.25, 0.3) is 11.8 Å². The van der Waals surface area contributed by atoms with E-state index in [2.05, 4.69) is 10.6 Å². The van der Waals surface area contributed by atoms with E-state index in [-0.39, 0.29) is 30.0 Å². The number of nitrogens with zero attached hydrogens (tertiary/aromatic N) is 2. The molecule has 2 fully saturated rings. The number of alkyl carbamates (subject to hydrolysis) is 1. The van der Waals surface area contributed by atoms with Crippen molar-refractivity contribution in [2.75, 3.05) is 18.0 Å². The highest BCUT2D eigenvalue weighted by atomic mass is 16.6. The number of amides is 5. The minimum absolute atomic E-state index is 0.0783. The highest BCUT2D eigenvalue weighted by Gasteiger charge is 2.45. The average Bonchev–Trinajstić information content (AvgIpc) is 2.87. The molecule has 0 aromatic heterocycles. The van der Waals surface area contributed by atoms with Gasteiger partial charge in [0.2, 0.25) is 11.8 Å². The molecular formula is C21H24N4O6. The van der Waals surface area contributed by atoms with Crippen molar-refractivity contribution in [3.63, 3.8) is 0 Å². The lowest BCUT2D eigenvalue weighted by Crippen LogP contribution is -2.60. The Kier molecular flexibility index (Phi) is 4.95. The average molecular weight is 428 g/mol. The summed E-state index contributed by atoms with van der Waals surface area (Å²) in [5.41, 5.74) is 0.639. The second kappa shape index (κ2) is 7.36. The molecule has 5 amide bonds. The predicted octanol–water partition coefficient (Wildman–Crippen LogP) is 0.801. The molecule has 1 atom stereocenters. The number of hydrogen-bond donors (Lipinski definition) is 2. The van der Waals surface area contributed by atoms with Crippen LogP contribution in [0.5, 0.6) is 0 Å². The number of nitrogens with one attached hydrogen (secondary N) is 2. The van der Waals surface area contributed by atoms with Gasteiger partial charge in [0.1, 0.15) is 11.6 Å². The van der Waals surface area contributed by atoms with Gasteiger partial charge in [-0.2, -0.15) is 0 Å². The maximum atomic E-state index is 12.9. The number of imide groups is 2. The van der Waals surface area contributed by atoms with Crippen LogP contribution < -0.4 is 15.5 Å². The smallest absolute Gasteiger partial charge is 0.407 e. The molecule has 3 aliphatic heterocycles. The molecule has 3 aliphatic rings. The SMILES string of the molecule is CC(C)(C)OC(=O)NC1CN(c2ccc3c(c2)C(=O)N(C2CCC(=O)NC2=O)C3=O)C1. The third kappa shape index (κ3) is 3.97. The monoisotopic (exact) mass is 428 g/mol. The lowest BCUT2D eigenvalue weighted by molar-refractivity contribution is -0.136. The molecule has 0 spiro atoms. The third-order valence-corrected chi connectivity index (χ3v) is 5.39. The van der Waals surface area contributed by atoms with Crippen LogP contribution in [0.25, 0.3) is 0 Å². The van der Waals surface area contributed by atoms with Crippen molar-refractivity contribution in [2.45, 2.75) is 51.3 Å². The number of benzene rings is 1. The van der Waals surface area contributed by atoms with Crippen LogP contribution in [0.4, 0.5) is 10.5 Å². The van der Waals surface area contributed by atoms with Crippen molar-refractivity contribution < 1.29 is 28.7 Å². The van der Waals surface area contributed by atoms with Gasteiger partial charge in [0, 0.05) is 25.2 Å². The zero-order valence-corrected chi connectivity index (χ0v) is 17.6. The summed E-state index contributed by atoms with van der Waals surface area (Å²) >= 11 is 0. The molecule has 1 aromatic carbocycles. The van der Waals surface area contributed by atoms with Crippen molar-refractivity contribution in [1.29, 1.82) is 0 Å². The molecular weight excluding hydrogens is 404 g/mol. The second-order valence-corrected chi connectivity index (χ2v) is 8.93. The normalized spacial score (nSPS) is 21.6. The summed E-state index contributed by atoms with van der Waals surface area (Å²) in [4.78, 5) is 64.0. The van der Waals surface area contributed by atoms with Gasteiger partial charge in [0.05, 0.1) is 17.2 Å². The second-order valence-electron chi connectivity index (χ2n) is 8.93. The molecule has 3 heterocycles. The van der Waals surface area contributed by atoms with Crippen molar-refractivity contribution in [3.05, 3.63) is 29.3 Å². The topological polar surface area (TPSA) is 125 Å². The first-order chi connectivity index (χ1) is 14.5. The zero-order valence-electron chi connectivity index (χ0n) is 17.6. The van der Waals surface area contributed by atoms with Gasteiger partial charge in [-0.15, -0.1) is 0 Å². The van der Waals surface area contributed by atoms with Crippen molar-refractivity contribution >= 4 is 35.4 Å². The lowest BCUT2D eigenvalue weighted by Gasteiger charge is -2.41. The molecule has 1 aromatic rings. The highest BCUT2D eigenvalue weighted by molar-refractivity contribution is 6.23. The molecule has 164 valence electrons. The Morgan fingerprint density at radius 2 is 1.77 bits per heavy atom. The van der Waals surface area contributed by atoms with Crippen LogP contribution in [0.1, 0.15) is 54.3 Å². The molecule has 2 saturated heterocycles. The molecule has 0 bridgehead atoms. The lowest BCUT2D eigenvalue weighted by atomic mass is 10.0. The van der Waals surface area contributed by atoms with Gasteiger partial charge in [-0.1, -0.05) is 0 Å². The quantitative estimate of drug-likeness (QED) is 0.682. The van der Waals surface area contributed by atoms with Gasteiger partial charge in [0.15, 0.2) is 0 Å². The standard InChI is InChI=1S/C21H24N4O6/c1-21(2,3)31-20(30)22-11-9-24(10-11)12-4-5-13-14(8-12)19(29)25(18(13)28)15-6-7-16(26)23-17(15)27/h4-5,8,11,15H,6-7,9-10H2,1-3H3,(H,22,30)(H,23,26,27). The summed E-state index contributed by atoms with van der Waals surface area (Å²) in [6, 6.07) is 3.87. The third-order valence-electron chi connectivity index (χ3n) is 5.39. The van der Waals surface area contributed by atoms with Crippen molar-refractivity contribution in [2.24, 2.45) is 0 Å². The number of carbonyl (C=O) groups is 5. The van der Waals surface area contributed by atoms with E-state index in [4.69, 9.17) is 4.74 Å². The largest absolute Gasteiger partial charge is 0.444 e. The number of rotatable bonds is 3. The maximum Gasteiger partial charge on any atom is 0.407 e. The number of carbonyl (C=O) groups excluding carboxylic acids is 5. The van der Waals surface area contributed by atoms with Crippen molar-refractivity contribution in [3.8, 4) is 0 Å². The molecule has 0 saturated carbocycles. The molecule has 0 radical (unpaired) electrons. The van der Waals surface area contributed by atoms with E-state index in [9.17, 15) is 24.0 Å². The molecule has 2 N–H and O–H groups in total. The molecule has 10 heteroatoms. The molecule has 31 heavy (non-hydrogen) atoms. The molecule has 10 nitrogen and oxygen atoms in total. The van der Waals surface area contributed by atoms with E-state index < -0.39 is 41.4 Å². The fourth-order valence-electron chi connectivity index (χ4n) is 3.91. The number of fused-ring (bicyclic) bond motifs is 1. The Balaban J connectivity index is 1.42. The van der Waals surface area contributed by atoms with Gasteiger partial charge < -0.3 is 15.0 Å². The molecule has 4 rings (SSSR count). The minimum Gasteiger partial charge on any atom is -0.444 e.